The molecule has 0 heterocycles. The molecule has 0 radical (unpaired) electrons. The van der Waals surface area contributed by atoms with Crippen LogP contribution in [0.4, 0.5) is 5.69 Å². The molecule has 2 N–H and O–H groups in total. The predicted molar refractivity (Wildman–Crippen MR) is 101 cm³/mol. The van der Waals surface area contributed by atoms with Gasteiger partial charge in [-0.25, -0.2) is 0 Å². The van der Waals surface area contributed by atoms with Crippen molar-refractivity contribution in [3.05, 3.63) is 78.9 Å². The zero-order valence-electron chi connectivity index (χ0n) is 12.6. The number of nitrogens with two attached hydrogens (primary N) is 1. The van der Waals surface area contributed by atoms with E-state index < -0.39 is 0 Å². The molecule has 0 aliphatic carbocycles. The normalized spacial score (nSPS) is 11.7. The third kappa shape index (κ3) is 1.62. The van der Waals surface area contributed by atoms with Gasteiger partial charge in [-0.15, -0.1) is 0 Å². The molecule has 0 atom stereocenters. The summed E-state index contributed by atoms with van der Waals surface area (Å²) in [5.74, 6) is 0. The minimum Gasteiger partial charge on any atom is -0.398 e. The number of hydrogen-bond donors (Lipinski definition) is 1. The number of hydrogen-bond acceptors (Lipinski definition) is 1. The molecule has 0 aliphatic rings. The Labute approximate surface area is 133 Å². The Morgan fingerprint density at radius 3 is 1.83 bits per heavy atom. The van der Waals surface area contributed by atoms with E-state index in [2.05, 4.69) is 66.7 Å². The van der Waals surface area contributed by atoms with Crippen molar-refractivity contribution in [1.82, 2.24) is 0 Å². The highest BCUT2D eigenvalue weighted by atomic mass is 14.6. The minimum atomic E-state index is 0.842. The van der Waals surface area contributed by atoms with Gasteiger partial charge >= 0.3 is 0 Å². The Kier molecular flexibility index (Phi) is 2.42. The molecule has 23 heavy (non-hydrogen) atoms. The monoisotopic (exact) mass is 293 g/mol. The molecule has 0 spiro atoms. The lowest BCUT2D eigenvalue weighted by Crippen LogP contribution is -1.90. The van der Waals surface area contributed by atoms with Gasteiger partial charge in [0.05, 0.1) is 0 Å². The van der Waals surface area contributed by atoms with Crippen LogP contribution in [0.1, 0.15) is 0 Å². The molecule has 0 saturated carbocycles. The first-order valence-electron chi connectivity index (χ1n) is 7.85. The second kappa shape index (κ2) is 4.47. The molecule has 0 aliphatic heterocycles. The molecule has 5 aromatic carbocycles. The van der Waals surface area contributed by atoms with Gasteiger partial charge in [-0.3, -0.25) is 0 Å². The van der Waals surface area contributed by atoms with Crippen molar-refractivity contribution < 1.29 is 0 Å². The highest BCUT2D eigenvalue weighted by Crippen LogP contribution is 2.40. The Bertz CT molecular complexity index is 1220. The predicted octanol–water partition coefficient (Wildman–Crippen LogP) is 5.88. The molecule has 0 saturated heterocycles. The second-order valence-electron chi connectivity index (χ2n) is 6.02. The average Bonchev–Trinajstić information content (AvgIpc) is 2.61. The van der Waals surface area contributed by atoms with Gasteiger partial charge in [0.2, 0.25) is 0 Å². The Morgan fingerprint density at radius 1 is 0.435 bits per heavy atom. The van der Waals surface area contributed by atoms with Crippen LogP contribution >= 0.6 is 0 Å². The van der Waals surface area contributed by atoms with E-state index in [4.69, 9.17) is 5.73 Å². The summed E-state index contributed by atoms with van der Waals surface area (Å²) in [5, 5.41) is 9.98. The van der Waals surface area contributed by atoms with Gasteiger partial charge in [0.1, 0.15) is 0 Å². The smallest absolute Gasteiger partial charge is 0.0400 e. The minimum absolute atomic E-state index is 0.842. The fourth-order valence-electron chi connectivity index (χ4n) is 3.79. The lowest BCUT2D eigenvalue weighted by atomic mass is 9.90. The topological polar surface area (TPSA) is 26.0 Å². The van der Waals surface area contributed by atoms with Crippen molar-refractivity contribution >= 4 is 48.8 Å². The Balaban J connectivity index is 2.26. The standard InChI is InChI=1S/C22H15N/c23-20-11-5-10-18-16-8-3-4-9-17(16)19-13-12-14-6-1-2-7-15(14)21(19)22(18)20/h1-13H,23H2. The summed E-state index contributed by atoms with van der Waals surface area (Å²) < 4.78 is 0. The van der Waals surface area contributed by atoms with E-state index in [9.17, 15) is 0 Å². The number of rotatable bonds is 0. The van der Waals surface area contributed by atoms with Crippen molar-refractivity contribution in [3.63, 3.8) is 0 Å². The molecule has 0 fully saturated rings. The van der Waals surface area contributed by atoms with E-state index >= 15 is 0 Å². The quantitative estimate of drug-likeness (QED) is 0.280. The summed E-state index contributed by atoms with van der Waals surface area (Å²) in [6.45, 7) is 0. The number of nitrogen functional groups attached to an aromatic ring is 1. The van der Waals surface area contributed by atoms with Gasteiger partial charge in [0.15, 0.2) is 0 Å². The maximum Gasteiger partial charge on any atom is 0.0400 e. The van der Waals surface area contributed by atoms with E-state index in [1.54, 1.807) is 0 Å². The highest BCUT2D eigenvalue weighted by Gasteiger charge is 2.12. The third-order valence-electron chi connectivity index (χ3n) is 4.78. The zero-order valence-corrected chi connectivity index (χ0v) is 12.6. The molecule has 1 nitrogen and oxygen atoms in total. The maximum absolute atomic E-state index is 6.40. The Morgan fingerprint density at radius 2 is 1.04 bits per heavy atom. The van der Waals surface area contributed by atoms with E-state index in [1.165, 1.54) is 37.7 Å². The highest BCUT2D eigenvalue weighted by molar-refractivity contribution is 6.33. The summed E-state index contributed by atoms with van der Waals surface area (Å²) in [6.07, 6.45) is 0. The van der Waals surface area contributed by atoms with Crippen molar-refractivity contribution in [3.8, 4) is 0 Å². The van der Waals surface area contributed by atoms with Crippen molar-refractivity contribution in [1.29, 1.82) is 0 Å². The molecule has 1 heteroatoms. The molecule has 5 rings (SSSR count). The lowest BCUT2D eigenvalue weighted by molar-refractivity contribution is 1.76. The fraction of sp³-hybridized carbons (Fsp3) is 0. The molecule has 5 aromatic rings. The molecule has 0 amide bonds. The van der Waals surface area contributed by atoms with E-state index in [-0.39, 0.29) is 0 Å². The molecular weight excluding hydrogens is 278 g/mol. The van der Waals surface area contributed by atoms with Crippen LogP contribution in [-0.2, 0) is 0 Å². The van der Waals surface area contributed by atoms with Crippen LogP contribution in [0.5, 0.6) is 0 Å². The third-order valence-corrected chi connectivity index (χ3v) is 4.78. The van der Waals surface area contributed by atoms with Gasteiger partial charge in [0, 0.05) is 16.5 Å². The molecule has 0 bridgehead atoms. The second-order valence-corrected chi connectivity index (χ2v) is 6.02. The van der Waals surface area contributed by atoms with Crippen LogP contribution < -0.4 is 5.73 Å². The molecule has 0 aromatic heterocycles. The zero-order chi connectivity index (χ0) is 15.4. The van der Waals surface area contributed by atoms with Crippen LogP contribution in [0.2, 0.25) is 0 Å². The van der Waals surface area contributed by atoms with Crippen LogP contribution in [0.3, 0.4) is 0 Å². The van der Waals surface area contributed by atoms with Crippen LogP contribution in [0.25, 0.3) is 43.1 Å². The van der Waals surface area contributed by atoms with Gasteiger partial charge in [-0.2, -0.15) is 0 Å². The Hall–Kier alpha value is -3.06. The van der Waals surface area contributed by atoms with Crippen LogP contribution in [0.15, 0.2) is 78.9 Å². The number of benzene rings is 5. The van der Waals surface area contributed by atoms with E-state index in [0.29, 0.717) is 0 Å². The number of fused-ring (bicyclic) bond motifs is 8. The van der Waals surface area contributed by atoms with E-state index in [1.807, 2.05) is 12.1 Å². The van der Waals surface area contributed by atoms with Crippen molar-refractivity contribution in [2.75, 3.05) is 5.73 Å². The summed E-state index contributed by atoms with van der Waals surface area (Å²) >= 11 is 0. The van der Waals surface area contributed by atoms with Crippen molar-refractivity contribution in [2.45, 2.75) is 0 Å². The average molecular weight is 293 g/mol. The summed E-state index contributed by atoms with van der Waals surface area (Å²) in [7, 11) is 0. The first-order chi connectivity index (χ1) is 11.3. The summed E-state index contributed by atoms with van der Waals surface area (Å²) in [6, 6.07) is 27.8. The first kappa shape index (κ1) is 12.5. The van der Waals surface area contributed by atoms with Gasteiger partial charge in [0.25, 0.3) is 0 Å². The first-order valence-corrected chi connectivity index (χ1v) is 7.85. The molecule has 0 unspecified atom stereocenters. The van der Waals surface area contributed by atoms with Gasteiger partial charge in [-0.05, 0) is 38.4 Å². The van der Waals surface area contributed by atoms with Crippen molar-refractivity contribution in [2.24, 2.45) is 0 Å². The SMILES string of the molecule is Nc1cccc2c3ccccc3c3ccc4ccccc4c3c12. The summed E-state index contributed by atoms with van der Waals surface area (Å²) in [4.78, 5) is 0. The van der Waals surface area contributed by atoms with Crippen LogP contribution in [-0.4, -0.2) is 0 Å². The fourth-order valence-corrected chi connectivity index (χ4v) is 3.79. The van der Waals surface area contributed by atoms with Gasteiger partial charge < -0.3 is 5.73 Å². The molecular formula is C22H15N. The maximum atomic E-state index is 6.40. The van der Waals surface area contributed by atoms with Gasteiger partial charge in [-0.1, -0.05) is 72.8 Å². The molecule has 108 valence electrons. The van der Waals surface area contributed by atoms with Crippen LogP contribution in [0, 0.1) is 0 Å². The summed E-state index contributed by atoms with van der Waals surface area (Å²) in [5.41, 5.74) is 7.25. The number of anilines is 1. The largest absolute Gasteiger partial charge is 0.398 e. The lowest BCUT2D eigenvalue weighted by Gasteiger charge is -2.14. The van der Waals surface area contributed by atoms with E-state index in [0.717, 1.165) is 11.1 Å².